The summed E-state index contributed by atoms with van der Waals surface area (Å²) in [4.78, 5) is 33.2. The van der Waals surface area contributed by atoms with Gasteiger partial charge >= 0.3 is 11.9 Å². The van der Waals surface area contributed by atoms with Gasteiger partial charge in [0.25, 0.3) is 0 Å². The van der Waals surface area contributed by atoms with Gasteiger partial charge in [-0.15, -0.1) is 0 Å². The van der Waals surface area contributed by atoms with E-state index >= 15 is 0 Å². The van der Waals surface area contributed by atoms with Crippen molar-refractivity contribution in [3.8, 4) is 11.5 Å². The van der Waals surface area contributed by atoms with Crippen LogP contribution >= 0.6 is 31.9 Å². The average molecular weight is 563 g/mol. The van der Waals surface area contributed by atoms with E-state index in [0.717, 1.165) is 31.5 Å². The minimum absolute atomic E-state index is 0.136. The fourth-order valence-corrected chi connectivity index (χ4v) is 3.50. The highest BCUT2D eigenvalue weighted by atomic mass is 79.9. The molecule has 0 saturated heterocycles. The van der Waals surface area contributed by atoms with E-state index in [1.165, 1.54) is 12.4 Å². The lowest BCUT2D eigenvalue weighted by Gasteiger charge is -2.13. The summed E-state index contributed by atoms with van der Waals surface area (Å²) in [5, 5.41) is 3.33. The fourth-order valence-electron chi connectivity index (χ4n) is 2.77. The molecule has 1 aromatic carbocycles. The molecule has 7 nitrogen and oxygen atoms in total. The van der Waals surface area contributed by atoms with Crippen molar-refractivity contribution in [1.82, 2.24) is 15.3 Å². The molecule has 3 rings (SSSR count). The topological polar surface area (TPSA) is 90.4 Å². The van der Waals surface area contributed by atoms with Gasteiger partial charge in [-0.1, -0.05) is 13.0 Å². The number of nitrogens with zero attached hydrogens (tertiary/aromatic N) is 2. The maximum Gasteiger partial charge on any atom is 0.345 e. The van der Waals surface area contributed by atoms with Crippen LogP contribution in [0.2, 0.25) is 0 Å². The maximum absolute atomic E-state index is 12.7. The molecule has 0 aliphatic carbocycles. The predicted molar refractivity (Wildman–Crippen MR) is 127 cm³/mol. The average Bonchev–Trinajstić information content (AvgIpc) is 2.78. The number of aromatic nitrogens is 2. The van der Waals surface area contributed by atoms with E-state index in [0.29, 0.717) is 8.95 Å². The SMILES string of the molecule is CCCNCCc1ccc(OC(=O)c2cncc(Br)c2)c(OC(=O)c2cncc(Br)c2)c1. The fraction of sp³-hybridized carbons (Fsp3) is 0.217. The molecular weight excluding hydrogens is 542 g/mol. The quantitative estimate of drug-likeness (QED) is 0.223. The zero-order valence-electron chi connectivity index (χ0n) is 17.3. The first-order chi connectivity index (χ1) is 15.5. The molecule has 166 valence electrons. The third-order valence-electron chi connectivity index (χ3n) is 4.31. The Labute approximate surface area is 202 Å². The minimum atomic E-state index is -0.613. The Bertz CT molecular complexity index is 1110. The van der Waals surface area contributed by atoms with E-state index in [1.54, 1.807) is 36.7 Å². The number of hydrogen-bond acceptors (Lipinski definition) is 7. The van der Waals surface area contributed by atoms with Crippen molar-refractivity contribution in [1.29, 1.82) is 0 Å². The first-order valence-corrected chi connectivity index (χ1v) is 11.5. The highest BCUT2D eigenvalue weighted by Gasteiger charge is 2.18. The van der Waals surface area contributed by atoms with E-state index in [-0.39, 0.29) is 22.6 Å². The van der Waals surface area contributed by atoms with Gasteiger partial charge in [-0.3, -0.25) is 9.97 Å². The molecule has 0 unspecified atom stereocenters. The number of benzene rings is 1. The molecule has 3 aromatic rings. The Kier molecular flexibility index (Phi) is 8.90. The largest absolute Gasteiger partial charge is 0.419 e. The summed E-state index contributed by atoms with van der Waals surface area (Å²) < 4.78 is 12.4. The van der Waals surface area contributed by atoms with Gasteiger partial charge in [0.15, 0.2) is 11.5 Å². The number of pyridine rings is 2. The van der Waals surface area contributed by atoms with Crippen LogP contribution in [-0.2, 0) is 6.42 Å². The Morgan fingerprint density at radius 2 is 1.44 bits per heavy atom. The number of esters is 2. The zero-order chi connectivity index (χ0) is 22.9. The molecule has 0 atom stereocenters. The summed E-state index contributed by atoms with van der Waals surface area (Å²) in [6.45, 7) is 3.80. The Morgan fingerprint density at radius 3 is 2.00 bits per heavy atom. The lowest BCUT2D eigenvalue weighted by molar-refractivity contribution is 0.0681. The molecule has 0 amide bonds. The summed E-state index contributed by atoms with van der Waals surface area (Å²) >= 11 is 6.58. The van der Waals surface area contributed by atoms with Gasteiger partial charge in [0.1, 0.15) is 0 Å². The molecular formula is C23H21Br2N3O4. The van der Waals surface area contributed by atoms with Crippen molar-refractivity contribution >= 4 is 43.8 Å². The van der Waals surface area contributed by atoms with Crippen LogP contribution in [0.25, 0.3) is 0 Å². The Morgan fingerprint density at radius 1 is 0.844 bits per heavy atom. The number of carbonyl (C=O) groups excluding carboxylic acids is 2. The Balaban J connectivity index is 1.84. The number of nitrogens with one attached hydrogen (secondary N) is 1. The lowest BCUT2D eigenvalue weighted by atomic mass is 10.1. The molecule has 0 saturated carbocycles. The lowest BCUT2D eigenvalue weighted by Crippen LogP contribution is -2.18. The van der Waals surface area contributed by atoms with Crippen LogP contribution in [0.3, 0.4) is 0 Å². The molecule has 0 fully saturated rings. The second-order valence-corrected chi connectivity index (χ2v) is 8.68. The van der Waals surface area contributed by atoms with Gasteiger partial charge in [-0.25, -0.2) is 9.59 Å². The molecule has 2 aromatic heterocycles. The van der Waals surface area contributed by atoms with Gasteiger partial charge in [0.05, 0.1) is 11.1 Å². The summed E-state index contributed by atoms with van der Waals surface area (Å²) in [6, 6.07) is 8.38. The maximum atomic E-state index is 12.7. The summed E-state index contributed by atoms with van der Waals surface area (Å²) in [6.07, 6.45) is 7.72. The second kappa shape index (κ2) is 11.8. The van der Waals surface area contributed by atoms with Crippen molar-refractivity contribution in [3.63, 3.8) is 0 Å². The third-order valence-corrected chi connectivity index (χ3v) is 5.18. The van der Waals surface area contributed by atoms with Crippen molar-refractivity contribution in [3.05, 3.63) is 80.8 Å². The third kappa shape index (κ3) is 6.94. The van der Waals surface area contributed by atoms with Crippen LogP contribution in [0, 0.1) is 0 Å². The first kappa shape index (κ1) is 24.0. The second-order valence-electron chi connectivity index (χ2n) is 6.84. The molecule has 0 aliphatic rings. The molecule has 0 spiro atoms. The predicted octanol–water partition coefficient (Wildman–Crippen LogP) is 4.98. The number of halogens is 2. The van der Waals surface area contributed by atoms with Crippen molar-refractivity contribution in [2.24, 2.45) is 0 Å². The Hall–Kier alpha value is -2.62. The van der Waals surface area contributed by atoms with Crippen molar-refractivity contribution in [2.45, 2.75) is 19.8 Å². The zero-order valence-corrected chi connectivity index (χ0v) is 20.5. The van der Waals surface area contributed by atoms with Gasteiger partial charge in [-0.05, 0) is 87.6 Å². The van der Waals surface area contributed by atoms with Crippen LogP contribution in [0.4, 0.5) is 0 Å². The monoisotopic (exact) mass is 561 g/mol. The molecule has 32 heavy (non-hydrogen) atoms. The van der Waals surface area contributed by atoms with Crippen LogP contribution in [0.15, 0.2) is 64.1 Å². The normalized spacial score (nSPS) is 10.6. The van der Waals surface area contributed by atoms with Crippen LogP contribution < -0.4 is 14.8 Å². The number of rotatable bonds is 9. The van der Waals surface area contributed by atoms with Gasteiger partial charge in [0.2, 0.25) is 0 Å². The number of hydrogen-bond donors (Lipinski definition) is 1. The van der Waals surface area contributed by atoms with Gasteiger partial charge in [-0.2, -0.15) is 0 Å². The number of ether oxygens (including phenoxy) is 2. The van der Waals surface area contributed by atoms with Gasteiger partial charge in [0, 0.05) is 33.7 Å². The van der Waals surface area contributed by atoms with E-state index < -0.39 is 11.9 Å². The van der Waals surface area contributed by atoms with Crippen LogP contribution in [-0.4, -0.2) is 35.0 Å². The highest BCUT2D eigenvalue weighted by Crippen LogP contribution is 2.30. The molecule has 0 aliphatic heterocycles. The van der Waals surface area contributed by atoms with E-state index in [1.807, 2.05) is 6.07 Å². The smallest absolute Gasteiger partial charge is 0.345 e. The molecule has 1 N–H and O–H groups in total. The molecule has 9 heteroatoms. The first-order valence-electron chi connectivity index (χ1n) is 9.95. The summed E-state index contributed by atoms with van der Waals surface area (Å²) in [5.74, 6) is -0.935. The van der Waals surface area contributed by atoms with E-state index in [2.05, 4.69) is 54.1 Å². The standard InChI is InChI=1S/C23H21Br2N3O4/c1-2-6-26-7-5-15-3-4-20(31-22(29)16-9-18(24)13-27-11-16)21(8-15)32-23(30)17-10-19(25)14-28-12-17/h3-4,8-14,26H,2,5-7H2,1H3. The van der Waals surface area contributed by atoms with Crippen LogP contribution in [0.1, 0.15) is 39.6 Å². The van der Waals surface area contributed by atoms with E-state index in [4.69, 9.17) is 9.47 Å². The summed E-state index contributed by atoms with van der Waals surface area (Å²) in [7, 11) is 0. The van der Waals surface area contributed by atoms with Crippen molar-refractivity contribution < 1.29 is 19.1 Å². The minimum Gasteiger partial charge on any atom is -0.419 e. The van der Waals surface area contributed by atoms with Crippen molar-refractivity contribution in [2.75, 3.05) is 13.1 Å². The number of carbonyl (C=O) groups is 2. The molecule has 0 radical (unpaired) electrons. The van der Waals surface area contributed by atoms with Gasteiger partial charge < -0.3 is 14.8 Å². The molecule has 2 heterocycles. The van der Waals surface area contributed by atoms with Crippen LogP contribution in [0.5, 0.6) is 11.5 Å². The summed E-state index contributed by atoms with van der Waals surface area (Å²) in [5.41, 5.74) is 1.47. The highest BCUT2D eigenvalue weighted by molar-refractivity contribution is 9.10. The molecule has 0 bridgehead atoms. The van der Waals surface area contributed by atoms with E-state index in [9.17, 15) is 9.59 Å².